The minimum Gasteiger partial charge on any atom is -0.353 e. The molecule has 1 aliphatic rings. The smallest absolute Gasteiger partial charge is 0.157 e. The van der Waals surface area contributed by atoms with E-state index < -0.39 is 0 Å². The third-order valence-electron chi connectivity index (χ3n) is 4.14. The average Bonchev–Trinajstić information content (AvgIpc) is 2.56. The second-order valence-corrected chi connectivity index (χ2v) is 6.71. The molecule has 0 saturated carbocycles. The second-order valence-electron chi connectivity index (χ2n) is 5.89. The quantitative estimate of drug-likeness (QED) is 0.765. The van der Waals surface area contributed by atoms with Crippen molar-refractivity contribution < 1.29 is 9.47 Å². The molecule has 0 aliphatic carbocycles. The van der Waals surface area contributed by atoms with Crippen molar-refractivity contribution in [1.29, 1.82) is 0 Å². The van der Waals surface area contributed by atoms with Gasteiger partial charge >= 0.3 is 0 Å². The summed E-state index contributed by atoms with van der Waals surface area (Å²) in [7, 11) is 4.04. The third-order valence-corrected chi connectivity index (χ3v) is 4.88. The van der Waals surface area contributed by atoms with E-state index in [1.165, 1.54) is 6.42 Å². The Balaban J connectivity index is 1.89. The Bertz CT molecular complexity index is 482. The molecule has 1 aromatic rings. The highest BCUT2D eigenvalue weighted by atomic mass is 35.5. The van der Waals surface area contributed by atoms with Crippen LogP contribution in [0.1, 0.15) is 30.9 Å². The molecule has 0 bridgehead atoms. The molecule has 2 rings (SSSR count). The van der Waals surface area contributed by atoms with Crippen LogP contribution in [0.15, 0.2) is 18.2 Å². The van der Waals surface area contributed by atoms with Crippen LogP contribution in [0, 0.1) is 0 Å². The van der Waals surface area contributed by atoms with Crippen LogP contribution in [0.5, 0.6) is 0 Å². The van der Waals surface area contributed by atoms with Gasteiger partial charge in [-0.1, -0.05) is 29.3 Å². The van der Waals surface area contributed by atoms with E-state index in [1.807, 2.05) is 25.2 Å². The summed E-state index contributed by atoms with van der Waals surface area (Å²) in [6, 6.07) is 6.03. The van der Waals surface area contributed by atoms with Gasteiger partial charge in [0.1, 0.15) is 0 Å². The molecule has 1 N–H and O–H groups in total. The van der Waals surface area contributed by atoms with E-state index in [9.17, 15) is 0 Å². The number of nitrogens with one attached hydrogen (secondary N) is 1. The summed E-state index contributed by atoms with van der Waals surface area (Å²) in [5.74, 6) is 0. The molecule has 0 radical (unpaired) electrons. The predicted octanol–water partition coefficient (Wildman–Crippen LogP) is 3.73. The molecule has 1 saturated heterocycles. The summed E-state index contributed by atoms with van der Waals surface area (Å²) in [6.45, 7) is 3.12. The van der Waals surface area contributed by atoms with Crippen LogP contribution in [0.25, 0.3) is 0 Å². The van der Waals surface area contributed by atoms with Crippen molar-refractivity contribution in [3.8, 4) is 0 Å². The Kier molecular flexibility index (Phi) is 8.10. The first-order valence-corrected chi connectivity index (χ1v) is 8.90. The number of ether oxygens (including phenoxy) is 2. The fraction of sp³-hybridized carbons (Fsp3) is 0.647. The summed E-state index contributed by atoms with van der Waals surface area (Å²) in [6.07, 6.45) is 3.29. The maximum Gasteiger partial charge on any atom is 0.157 e. The zero-order valence-electron chi connectivity index (χ0n) is 13.9. The lowest BCUT2D eigenvalue weighted by molar-refractivity contribution is -0.164. The SMILES string of the molecule is CNCC(c1ccc(Cl)c(Cl)c1)N(C)CCOC1CCCCO1. The Hall–Kier alpha value is -0.360. The van der Waals surface area contributed by atoms with Gasteiger partial charge < -0.3 is 14.8 Å². The maximum atomic E-state index is 6.16. The molecule has 4 nitrogen and oxygen atoms in total. The molecule has 1 heterocycles. The van der Waals surface area contributed by atoms with Crippen LogP contribution in [0.2, 0.25) is 10.0 Å². The highest BCUT2D eigenvalue weighted by molar-refractivity contribution is 6.42. The maximum absolute atomic E-state index is 6.16. The second kappa shape index (κ2) is 9.82. The van der Waals surface area contributed by atoms with Crippen LogP contribution in [-0.2, 0) is 9.47 Å². The molecule has 2 unspecified atom stereocenters. The highest BCUT2D eigenvalue weighted by Crippen LogP contribution is 2.27. The number of nitrogens with zero attached hydrogens (tertiary/aromatic N) is 1. The number of rotatable bonds is 8. The van der Waals surface area contributed by atoms with E-state index in [1.54, 1.807) is 0 Å². The van der Waals surface area contributed by atoms with Crippen molar-refractivity contribution in [3.63, 3.8) is 0 Å². The molecule has 130 valence electrons. The summed E-state index contributed by atoms with van der Waals surface area (Å²) in [4.78, 5) is 2.26. The molecule has 0 amide bonds. The summed E-state index contributed by atoms with van der Waals surface area (Å²) in [5.41, 5.74) is 1.14. The van der Waals surface area contributed by atoms with E-state index >= 15 is 0 Å². The zero-order valence-corrected chi connectivity index (χ0v) is 15.4. The molecular weight excluding hydrogens is 335 g/mol. The van der Waals surface area contributed by atoms with Gasteiger partial charge in [0.15, 0.2) is 6.29 Å². The van der Waals surface area contributed by atoms with Crippen LogP contribution in [-0.4, -0.2) is 51.6 Å². The number of halogens is 2. The molecule has 6 heteroatoms. The first-order chi connectivity index (χ1) is 11.1. The number of hydrogen-bond donors (Lipinski definition) is 1. The lowest BCUT2D eigenvalue weighted by Crippen LogP contribution is -2.35. The van der Waals surface area contributed by atoms with Crippen molar-refractivity contribution >= 4 is 23.2 Å². The summed E-state index contributed by atoms with van der Waals surface area (Å²) < 4.78 is 11.4. The molecule has 0 aromatic heterocycles. The molecule has 2 atom stereocenters. The predicted molar refractivity (Wildman–Crippen MR) is 95.3 cm³/mol. The average molecular weight is 361 g/mol. The molecule has 23 heavy (non-hydrogen) atoms. The molecular formula is C17H26Cl2N2O2. The van der Waals surface area contributed by atoms with Gasteiger partial charge in [0.2, 0.25) is 0 Å². The number of hydrogen-bond acceptors (Lipinski definition) is 4. The van der Waals surface area contributed by atoms with Gasteiger partial charge in [-0.2, -0.15) is 0 Å². The lowest BCUT2D eigenvalue weighted by atomic mass is 10.1. The van der Waals surface area contributed by atoms with Gasteiger partial charge in [0.25, 0.3) is 0 Å². The lowest BCUT2D eigenvalue weighted by Gasteiger charge is -2.30. The Morgan fingerprint density at radius 2 is 2.17 bits per heavy atom. The van der Waals surface area contributed by atoms with E-state index in [0.717, 1.165) is 38.1 Å². The normalized spacial score (nSPS) is 20.0. The van der Waals surface area contributed by atoms with Crippen molar-refractivity contribution in [2.45, 2.75) is 31.6 Å². The first kappa shape index (κ1) is 19.0. The number of likely N-dealkylation sites (N-methyl/N-ethyl adjacent to an activating group) is 2. The van der Waals surface area contributed by atoms with Gasteiger partial charge in [-0.3, -0.25) is 4.90 Å². The van der Waals surface area contributed by atoms with Gasteiger partial charge in [0.05, 0.1) is 16.7 Å². The van der Waals surface area contributed by atoms with Crippen molar-refractivity contribution in [1.82, 2.24) is 10.2 Å². The number of benzene rings is 1. The highest BCUT2D eigenvalue weighted by Gasteiger charge is 2.19. The molecule has 1 fully saturated rings. The van der Waals surface area contributed by atoms with Crippen molar-refractivity contribution in [2.24, 2.45) is 0 Å². The van der Waals surface area contributed by atoms with E-state index in [2.05, 4.69) is 17.3 Å². The molecule has 0 spiro atoms. The summed E-state index contributed by atoms with van der Waals surface area (Å²) >= 11 is 12.2. The topological polar surface area (TPSA) is 33.7 Å². The van der Waals surface area contributed by atoms with Crippen molar-refractivity contribution in [2.75, 3.05) is 40.4 Å². The zero-order chi connectivity index (χ0) is 16.7. The van der Waals surface area contributed by atoms with Gasteiger partial charge in [-0.25, -0.2) is 0 Å². The molecule has 1 aromatic carbocycles. The van der Waals surface area contributed by atoms with Crippen LogP contribution in [0.3, 0.4) is 0 Å². The van der Waals surface area contributed by atoms with Crippen LogP contribution in [0.4, 0.5) is 0 Å². The Labute approximate surface area is 149 Å². The van der Waals surface area contributed by atoms with E-state index in [4.69, 9.17) is 32.7 Å². The Morgan fingerprint density at radius 3 is 2.83 bits per heavy atom. The largest absolute Gasteiger partial charge is 0.353 e. The van der Waals surface area contributed by atoms with Gasteiger partial charge in [-0.15, -0.1) is 0 Å². The van der Waals surface area contributed by atoms with Gasteiger partial charge in [0, 0.05) is 25.7 Å². The van der Waals surface area contributed by atoms with Crippen LogP contribution < -0.4 is 5.32 Å². The fourth-order valence-electron chi connectivity index (χ4n) is 2.77. The standard InChI is InChI=1S/C17H26Cl2N2O2/c1-20-12-16(13-6-7-14(18)15(19)11-13)21(2)8-10-23-17-5-3-4-9-22-17/h6-7,11,16-17,20H,3-5,8-10,12H2,1-2H3. The van der Waals surface area contributed by atoms with Crippen molar-refractivity contribution in [3.05, 3.63) is 33.8 Å². The summed E-state index contributed by atoms with van der Waals surface area (Å²) in [5, 5.41) is 4.41. The van der Waals surface area contributed by atoms with Gasteiger partial charge in [-0.05, 0) is 51.1 Å². The molecule has 1 aliphatic heterocycles. The third kappa shape index (κ3) is 5.89. The minimum absolute atomic E-state index is 0.0372. The fourth-order valence-corrected chi connectivity index (χ4v) is 3.07. The van der Waals surface area contributed by atoms with E-state index in [0.29, 0.717) is 16.7 Å². The Morgan fingerprint density at radius 1 is 1.35 bits per heavy atom. The van der Waals surface area contributed by atoms with E-state index in [-0.39, 0.29) is 12.3 Å². The first-order valence-electron chi connectivity index (χ1n) is 8.15. The minimum atomic E-state index is -0.0372. The monoisotopic (exact) mass is 360 g/mol. The van der Waals surface area contributed by atoms with Crippen LogP contribution >= 0.6 is 23.2 Å².